The topological polar surface area (TPSA) is 107 Å². The summed E-state index contributed by atoms with van der Waals surface area (Å²) in [6.45, 7) is 5.07. The van der Waals surface area contributed by atoms with Crippen molar-refractivity contribution in [3.63, 3.8) is 0 Å². The molecular formula is C23H28N2O6. The first kappa shape index (κ1) is 22.6. The third-order valence-corrected chi connectivity index (χ3v) is 5.57. The van der Waals surface area contributed by atoms with E-state index in [1.807, 2.05) is 10.6 Å². The number of carboxylic acid groups (broad SMARTS) is 1. The standard InChI is InChI=1S/C23H28N2O6/c1-13(2)18-8-14-9-21(31-7-5-6-30-4)16(22(27)24-3)10-15(14)19-11-20(26)17(23(28)29)12-25(18)19/h9-13,18H,5-8H2,1-4H3,(H,24,27)(H,28,29). The zero-order valence-corrected chi connectivity index (χ0v) is 18.2. The van der Waals surface area contributed by atoms with Crippen LogP contribution in [0.25, 0.3) is 11.3 Å². The fraction of sp³-hybridized carbons (Fsp3) is 0.435. The number of aromatic nitrogens is 1. The van der Waals surface area contributed by atoms with Gasteiger partial charge in [-0.05, 0) is 30.0 Å². The molecule has 1 aromatic carbocycles. The van der Waals surface area contributed by atoms with E-state index in [1.54, 1.807) is 20.2 Å². The Labute approximate surface area is 180 Å². The lowest BCUT2D eigenvalue weighted by Gasteiger charge is -2.34. The molecule has 2 aromatic rings. The van der Waals surface area contributed by atoms with Gasteiger partial charge in [-0.2, -0.15) is 0 Å². The number of benzene rings is 1. The minimum Gasteiger partial charge on any atom is -0.493 e. The average molecular weight is 428 g/mol. The zero-order valence-electron chi connectivity index (χ0n) is 18.2. The van der Waals surface area contributed by atoms with Crippen LogP contribution in [0.5, 0.6) is 5.75 Å². The quantitative estimate of drug-likeness (QED) is 0.626. The van der Waals surface area contributed by atoms with E-state index < -0.39 is 11.4 Å². The highest BCUT2D eigenvalue weighted by molar-refractivity contribution is 5.98. The predicted octanol–water partition coefficient (Wildman–Crippen LogP) is 2.74. The van der Waals surface area contributed by atoms with Crippen LogP contribution in [-0.2, 0) is 11.2 Å². The molecule has 1 aromatic heterocycles. The lowest BCUT2D eigenvalue weighted by molar-refractivity contribution is 0.0694. The van der Waals surface area contributed by atoms with Crippen LogP contribution < -0.4 is 15.5 Å². The normalized spacial score (nSPS) is 14.7. The van der Waals surface area contributed by atoms with Crippen molar-refractivity contribution in [2.75, 3.05) is 27.4 Å². The van der Waals surface area contributed by atoms with Gasteiger partial charge in [0.2, 0.25) is 0 Å². The summed E-state index contributed by atoms with van der Waals surface area (Å²) in [5, 5.41) is 12.0. The lowest BCUT2D eigenvalue weighted by Crippen LogP contribution is -2.28. The van der Waals surface area contributed by atoms with E-state index in [9.17, 15) is 19.5 Å². The summed E-state index contributed by atoms with van der Waals surface area (Å²) in [6.07, 6.45) is 2.73. The van der Waals surface area contributed by atoms with E-state index in [4.69, 9.17) is 9.47 Å². The van der Waals surface area contributed by atoms with Gasteiger partial charge >= 0.3 is 5.97 Å². The Hall–Kier alpha value is -3.13. The van der Waals surface area contributed by atoms with Crippen molar-refractivity contribution in [2.24, 2.45) is 5.92 Å². The lowest BCUT2D eigenvalue weighted by atomic mass is 9.86. The van der Waals surface area contributed by atoms with E-state index in [0.717, 1.165) is 11.1 Å². The molecule has 1 aliphatic rings. The molecule has 31 heavy (non-hydrogen) atoms. The van der Waals surface area contributed by atoms with Gasteiger partial charge in [0.1, 0.15) is 11.3 Å². The number of hydrogen-bond donors (Lipinski definition) is 2. The van der Waals surface area contributed by atoms with Crippen LogP contribution in [0.3, 0.4) is 0 Å². The second-order valence-corrected chi connectivity index (χ2v) is 7.94. The Bertz CT molecular complexity index is 1060. The molecule has 0 aliphatic carbocycles. The molecule has 1 unspecified atom stereocenters. The highest BCUT2D eigenvalue weighted by Gasteiger charge is 2.30. The first-order valence-corrected chi connectivity index (χ1v) is 10.3. The highest BCUT2D eigenvalue weighted by Crippen LogP contribution is 2.40. The largest absolute Gasteiger partial charge is 0.493 e. The minimum absolute atomic E-state index is 0.0339. The molecule has 0 radical (unpaired) electrons. The Morgan fingerprint density at radius 3 is 2.58 bits per heavy atom. The van der Waals surface area contributed by atoms with Gasteiger partial charge in [0, 0.05) is 51.1 Å². The summed E-state index contributed by atoms with van der Waals surface area (Å²) < 4.78 is 12.8. The summed E-state index contributed by atoms with van der Waals surface area (Å²) in [5.74, 6) is -0.874. The number of amides is 1. The van der Waals surface area contributed by atoms with Gasteiger partial charge in [-0.1, -0.05) is 13.8 Å². The molecule has 2 heterocycles. The van der Waals surface area contributed by atoms with Crippen LogP contribution in [0.2, 0.25) is 0 Å². The zero-order chi connectivity index (χ0) is 22.7. The number of aromatic carboxylic acids is 1. The number of fused-ring (bicyclic) bond motifs is 3. The Morgan fingerprint density at radius 1 is 1.23 bits per heavy atom. The van der Waals surface area contributed by atoms with Crippen molar-refractivity contribution in [3.8, 4) is 17.0 Å². The van der Waals surface area contributed by atoms with Gasteiger partial charge < -0.3 is 24.5 Å². The van der Waals surface area contributed by atoms with Crippen molar-refractivity contribution < 1.29 is 24.2 Å². The maximum absolute atomic E-state index is 12.5. The predicted molar refractivity (Wildman–Crippen MR) is 116 cm³/mol. The number of rotatable bonds is 8. The van der Waals surface area contributed by atoms with Crippen molar-refractivity contribution >= 4 is 11.9 Å². The molecule has 0 bridgehead atoms. The third-order valence-electron chi connectivity index (χ3n) is 5.57. The molecule has 2 N–H and O–H groups in total. The van der Waals surface area contributed by atoms with Crippen LogP contribution in [0.4, 0.5) is 0 Å². The van der Waals surface area contributed by atoms with Crippen molar-refractivity contribution in [2.45, 2.75) is 32.7 Å². The number of methoxy groups -OCH3 is 1. The molecule has 3 rings (SSSR count). The smallest absolute Gasteiger partial charge is 0.341 e. The third kappa shape index (κ3) is 4.49. The molecule has 0 fully saturated rings. The summed E-state index contributed by atoms with van der Waals surface area (Å²) in [6, 6.07) is 4.90. The first-order chi connectivity index (χ1) is 14.8. The monoisotopic (exact) mass is 428 g/mol. The summed E-state index contributed by atoms with van der Waals surface area (Å²) in [5.41, 5.74) is 1.83. The number of carbonyl (C=O) groups excluding carboxylic acids is 1. The number of carbonyl (C=O) groups is 2. The van der Waals surface area contributed by atoms with E-state index in [0.29, 0.717) is 43.1 Å². The van der Waals surface area contributed by atoms with E-state index in [-0.39, 0.29) is 23.4 Å². The van der Waals surface area contributed by atoms with Crippen LogP contribution >= 0.6 is 0 Å². The van der Waals surface area contributed by atoms with Crippen LogP contribution in [-0.4, -0.2) is 48.9 Å². The molecule has 8 heteroatoms. The Kier molecular flexibility index (Phi) is 6.80. The summed E-state index contributed by atoms with van der Waals surface area (Å²) in [4.78, 5) is 36.5. The number of carboxylic acids is 1. The molecule has 1 aliphatic heterocycles. The van der Waals surface area contributed by atoms with E-state index in [2.05, 4.69) is 19.2 Å². The second-order valence-electron chi connectivity index (χ2n) is 7.94. The summed E-state index contributed by atoms with van der Waals surface area (Å²) in [7, 11) is 3.17. The maximum atomic E-state index is 12.5. The highest BCUT2D eigenvalue weighted by atomic mass is 16.5. The van der Waals surface area contributed by atoms with Gasteiger partial charge in [0.05, 0.1) is 17.9 Å². The van der Waals surface area contributed by atoms with Crippen molar-refractivity contribution in [1.29, 1.82) is 0 Å². The summed E-state index contributed by atoms with van der Waals surface area (Å²) >= 11 is 0. The average Bonchev–Trinajstić information content (AvgIpc) is 2.74. The second kappa shape index (κ2) is 9.34. The van der Waals surface area contributed by atoms with Gasteiger partial charge in [-0.25, -0.2) is 4.79 Å². The number of nitrogens with one attached hydrogen (secondary N) is 1. The SMILES string of the molecule is CNC(=O)c1cc2c(cc1OCCCOC)CC(C(C)C)n1cc(C(=O)O)c(=O)cc1-2. The molecule has 0 saturated carbocycles. The number of hydrogen-bond acceptors (Lipinski definition) is 5. The number of nitrogens with zero attached hydrogens (tertiary/aromatic N) is 1. The van der Waals surface area contributed by atoms with Gasteiger partial charge in [0.15, 0.2) is 5.43 Å². The molecule has 1 atom stereocenters. The molecule has 0 saturated heterocycles. The maximum Gasteiger partial charge on any atom is 0.341 e. The van der Waals surface area contributed by atoms with Gasteiger partial charge in [-0.3, -0.25) is 9.59 Å². The molecule has 8 nitrogen and oxygen atoms in total. The fourth-order valence-corrected chi connectivity index (χ4v) is 3.93. The Morgan fingerprint density at radius 2 is 1.97 bits per heavy atom. The van der Waals surface area contributed by atoms with Crippen molar-refractivity contribution in [3.05, 3.63) is 51.3 Å². The van der Waals surface area contributed by atoms with E-state index >= 15 is 0 Å². The van der Waals surface area contributed by atoms with Crippen LogP contribution in [0.1, 0.15) is 52.6 Å². The van der Waals surface area contributed by atoms with E-state index in [1.165, 1.54) is 12.3 Å². The molecular weight excluding hydrogens is 400 g/mol. The van der Waals surface area contributed by atoms with Crippen molar-refractivity contribution in [1.82, 2.24) is 9.88 Å². The Balaban J connectivity index is 2.17. The minimum atomic E-state index is -1.25. The number of pyridine rings is 1. The van der Waals surface area contributed by atoms with Crippen LogP contribution in [0, 0.1) is 5.92 Å². The molecule has 166 valence electrons. The fourth-order valence-electron chi connectivity index (χ4n) is 3.93. The first-order valence-electron chi connectivity index (χ1n) is 10.3. The molecule has 0 spiro atoms. The van der Waals surface area contributed by atoms with Gasteiger partial charge in [0.25, 0.3) is 5.91 Å². The molecule has 1 amide bonds. The number of ether oxygens (including phenoxy) is 2. The van der Waals surface area contributed by atoms with Gasteiger partial charge in [-0.15, -0.1) is 0 Å². The van der Waals surface area contributed by atoms with Crippen LogP contribution in [0.15, 0.2) is 29.2 Å².